The minimum atomic E-state index is -0.383. The van der Waals surface area contributed by atoms with Gasteiger partial charge < -0.3 is 29.7 Å². The van der Waals surface area contributed by atoms with Crippen molar-refractivity contribution in [3.8, 4) is 0 Å². The number of hydrogen-bond acceptors (Lipinski definition) is 9. The highest BCUT2D eigenvalue weighted by Crippen LogP contribution is 2.26. The molecule has 2 aromatic rings. The molecule has 2 N–H and O–H groups in total. The van der Waals surface area contributed by atoms with Gasteiger partial charge in [0.1, 0.15) is 5.69 Å². The maximum Gasteiger partial charge on any atom is 0.275 e. The van der Waals surface area contributed by atoms with Crippen LogP contribution in [0.4, 0.5) is 10.8 Å². The van der Waals surface area contributed by atoms with E-state index in [0.717, 1.165) is 37.5 Å². The van der Waals surface area contributed by atoms with Crippen LogP contribution in [0.2, 0.25) is 0 Å². The van der Waals surface area contributed by atoms with Gasteiger partial charge in [-0.1, -0.05) is 0 Å². The largest absolute Gasteiger partial charge is 0.383 e. The van der Waals surface area contributed by atoms with Gasteiger partial charge in [0, 0.05) is 58.1 Å². The van der Waals surface area contributed by atoms with Crippen molar-refractivity contribution in [2.75, 3.05) is 57.3 Å². The fraction of sp³-hybridized carbons (Fsp3) is 0.619. The number of anilines is 2. The molecule has 12 heteroatoms. The van der Waals surface area contributed by atoms with Crippen LogP contribution in [0.5, 0.6) is 0 Å². The van der Waals surface area contributed by atoms with Crippen LogP contribution in [-0.4, -0.2) is 85.9 Å². The van der Waals surface area contributed by atoms with Crippen molar-refractivity contribution in [3.63, 3.8) is 0 Å². The Bertz CT molecular complexity index is 957. The molecule has 0 bridgehead atoms. The smallest absolute Gasteiger partial charge is 0.275 e. The zero-order valence-electron chi connectivity index (χ0n) is 18.9. The second-order valence-corrected chi connectivity index (χ2v) is 8.91. The lowest BCUT2D eigenvalue weighted by Crippen LogP contribution is -2.39. The zero-order chi connectivity index (χ0) is 23.2. The van der Waals surface area contributed by atoms with E-state index < -0.39 is 0 Å². The van der Waals surface area contributed by atoms with Crippen LogP contribution in [-0.2, 0) is 20.8 Å². The van der Waals surface area contributed by atoms with Crippen LogP contribution in [0.3, 0.4) is 0 Å². The van der Waals surface area contributed by atoms with Crippen molar-refractivity contribution in [1.82, 2.24) is 20.1 Å². The van der Waals surface area contributed by atoms with Crippen LogP contribution in [0.25, 0.3) is 0 Å². The van der Waals surface area contributed by atoms with Crippen molar-refractivity contribution in [1.29, 1.82) is 0 Å². The third kappa shape index (κ3) is 5.88. The van der Waals surface area contributed by atoms with Crippen LogP contribution >= 0.6 is 11.3 Å². The number of hydrogen-bond donors (Lipinski definition) is 2. The van der Waals surface area contributed by atoms with E-state index in [1.807, 2.05) is 0 Å². The predicted octanol–water partition coefficient (Wildman–Crippen LogP) is 1.37. The van der Waals surface area contributed by atoms with Gasteiger partial charge in [-0.25, -0.2) is 4.98 Å². The molecule has 2 saturated heterocycles. The van der Waals surface area contributed by atoms with E-state index in [9.17, 15) is 9.59 Å². The van der Waals surface area contributed by atoms with E-state index in [-0.39, 0.29) is 29.7 Å². The monoisotopic (exact) mass is 478 g/mol. The van der Waals surface area contributed by atoms with Gasteiger partial charge in [-0.15, -0.1) is 11.3 Å². The molecule has 0 spiro atoms. The Labute approximate surface area is 196 Å². The van der Waals surface area contributed by atoms with Crippen molar-refractivity contribution in [2.24, 2.45) is 0 Å². The van der Waals surface area contributed by atoms with Gasteiger partial charge in [-0.3, -0.25) is 14.3 Å². The number of carbonyl (C=O) groups is 2. The van der Waals surface area contributed by atoms with Gasteiger partial charge in [0.15, 0.2) is 10.8 Å². The van der Waals surface area contributed by atoms with E-state index >= 15 is 0 Å². The number of amides is 2. The average Bonchev–Trinajstić information content (AvgIpc) is 3.57. The molecule has 0 saturated carbocycles. The van der Waals surface area contributed by atoms with Gasteiger partial charge in [0.2, 0.25) is 0 Å². The SMILES string of the molecule is COCCn1cc(NC(=O)c2csc(N3CC[C@H](OC)C3)n2)c(C(=O)NC2CCOCC2)n1. The molecule has 0 aromatic carbocycles. The Morgan fingerprint density at radius 2 is 2.06 bits per heavy atom. The predicted molar refractivity (Wildman–Crippen MR) is 123 cm³/mol. The number of methoxy groups -OCH3 is 2. The summed E-state index contributed by atoms with van der Waals surface area (Å²) in [6.45, 7) is 3.73. The first-order valence-electron chi connectivity index (χ1n) is 11.1. The van der Waals surface area contributed by atoms with Gasteiger partial charge >= 0.3 is 0 Å². The Balaban J connectivity index is 1.46. The molecule has 2 fully saturated rings. The molecular weight excluding hydrogens is 448 g/mol. The third-order valence-electron chi connectivity index (χ3n) is 5.78. The number of nitrogens with one attached hydrogen (secondary N) is 2. The summed E-state index contributed by atoms with van der Waals surface area (Å²) in [4.78, 5) is 32.5. The number of aromatic nitrogens is 3. The van der Waals surface area contributed by atoms with Crippen LogP contribution in [0.15, 0.2) is 11.6 Å². The fourth-order valence-electron chi connectivity index (χ4n) is 3.87. The van der Waals surface area contributed by atoms with Gasteiger partial charge in [-0.05, 0) is 19.3 Å². The van der Waals surface area contributed by atoms with E-state index in [2.05, 4.69) is 25.6 Å². The minimum Gasteiger partial charge on any atom is -0.383 e. The lowest BCUT2D eigenvalue weighted by Gasteiger charge is -2.22. The van der Waals surface area contributed by atoms with Gasteiger partial charge in [0.25, 0.3) is 11.8 Å². The van der Waals surface area contributed by atoms with Crippen molar-refractivity contribution in [3.05, 3.63) is 23.0 Å². The van der Waals surface area contributed by atoms with E-state index in [4.69, 9.17) is 14.2 Å². The second kappa shape index (κ2) is 11.1. The van der Waals surface area contributed by atoms with Crippen LogP contribution in [0.1, 0.15) is 40.2 Å². The molecule has 2 aliphatic rings. The maximum absolute atomic E-state index is 12.9. The average molecular weight is 479 g/mol. The Kier molecular flexibility index (Phi) is 7.91. The lowest BCUT2D eigenvalue weighted by atomic mass is 10.1. The molecular formula is C21H30N6O5S. The van der Waals surface area contributed by atoms with Crippen molar-refractivity contribution < 1.29 is 23.8 Å². The fourth-order valence-corrected chi connectivity index (χ4v) is 4.71. The maximum atomic E-state index is 12.9. The molecule has 2 aliphatic heterocycles. The summed E-state index contributed by atoms with van der Waals surface area (Å²) in [7, 11) is 3.30. The lowest BCUT2D eigenvalue weighted by molar-refractivity contribution is 0.0694. The summed E-state index contributed by atoms with van der Waals surface area (Å²) in [6, 6.07) is 0.0245. The van der Waals surface area contributed by atoms with E-state index in [1.165, 1.54) is 11.3 Å². The summed E-state index contributed by atoms with van der Waals surface area (Å²) in [5.74, 6) is -0.707. The number of carbonyl (C=O) groups excluding carboxylic acids is 2. The molecule has 0 radical (unpaired) electrons. The number of rotatable bonds is 9. The van der Waals surface area contributed by atoms with E-state index in [0.29, 0.717) is 37.7 Å². The third-order valence-corrected chi connectivity index (χ3v) is 6.68. The van der Waals surface area contributed by atoms with Crippen LogP contribution < -0.4 is 15.5 Å². The molecule has 0 unspecified atom stereocenters. The first-order chi connectivity index (χ1) is 16.1. The van der Waals surface area contributed by atoms with Gasteiger partial charge in [0.05, 0.1) is 24.9 Å². The highest BCUT2D eigenvalue weighted by molar-refractivity contribution is 7.14. The summed E-state index contributed by atoms with van der Waals surface area (Å²) >= 11 is 1.42. The quantitative estimate of drug-likeness (QED) is 0.555. The topological polar surface area (TPSA) is 120 Å². The Hall–Kier alpha value is -2.54. The molecule has 4 heterocycles. The summed E-state index contributed by atoms with van der Waals surface area (Å²) in [5.41, 5.74) is 0.816. The standard InChI is InChI=1S/C21H30N6O5S/c1-30-10-7-27-12-16(18(25-27)20(29)22-14-4-8-32-9-5-14)23-19(28)17-13-33-21(24-17)26-6-3-15(11-26)31-2/h12-15H,3-11H2,1-2H3,(H,22,29)(H,23,28)/t15-/m0/s1. The summed E-state index contributed by atoms with van der Waals surface area (Å²) < 4.78 is 17.5. The number of nitrogens with zero attached hydrogens (tertiary/aromatic N) is 4. The number of thiazole rings is 1. The van der Waals surface area contributed by atoms with E-state index in [1.54, 1.807) is 30.5 Å². The first-order valence-corrected chi connectivity index (χ1v) is 11.9. The highest BCUT2D eigenvalue weighted by Gasteiger charge is 2.26. The minimum absolute atomic E-state index is 0.0245. The molecule has 11 nitrogen and oxygen atoms in total. The molecule has 2 aromatic heterocycles. The molecule has 4 rings (SSSR count). The molecule has 1 atom stereocenters. The normalized spacial score (nSPS) is 19.1. The summed E-state index contributed by atoms with van der Waals surface area (Å²) in [5, 5.41) is 12.7. The second-order valence-electron chi connectivity index (χ2n) is 8.07. The van der Waals surface area contributed by atoms with Gasteiger partial charge in [-0.2, -0.15) is 5.10 Å². The molecule has 0 aliphatic carbocycles. The van der Waals surface area contributed by atoms with Crippen molar-refractivity contribution in [2.45, 2.75) is 38.0 Å². The summed E-state index contributed by atoms with van der Waals surface area (Å²) in [6.07, 6.45) is 4.26. The highest BCUT2D eigenvalue weighted by atomic mass is 32.1. The first kappa shape index (κ1) is 23.6. The zero-order valence-corrected chi connectivity index (χ0v) is 19.7. The Morgan fingerprint density at radius 3 is 2.79 bits per heavy atom. The number of ether oxygens (including phenoxy) is 3. The molecule has 2 amide bonds. The van der Waals surface area contributed by atoms with Crippen molar-refractivity contribution >= 4 is 34.0 Å². The molecule has 180 valence electrons. The molecule has 33 heavy (non-hydrogen) atoms. The Morgan fingerprint density at radius 1 is 1.24 bits per heavy atom. The van der Waals surface area contributed by atoms with Crippen LogP contribution in [0, 0.1) is 0 Å².